The molecule has 1 aromatic heterocycles. The summed E-state index contributed by atoms with van der Waals surface area (Å²) in [6, 6.07) is 5.99. The zero-order chi connectivity index (χ0) is 10.0. The summed E-state index contributed by atoms with van der Waals surface area (Å²) in [5.74, 6) is -0.117. The first-order valence-electron chi connectivity index (χ1n) is 4.49. The van der Waals surface area contributed by atoms with Crippen molar-refractivity contribution in [3.05, 3.63) is 22.4 Å². The number of carbonyl (C=O) groups is 1. The molecule has 0 aliphatic heterocycles. The van der Waals surface area contributed by atoms with Crippen LogP contribution in [0.3, 0.4) is 0 Å². The van der Waals surface area contributed by atoms with Crippen LogP contribution in [0.15, 0.2) is 17.5 Å². The van der Waals surface area contributed by atoms with Crippen LogP contribution in [0.5, 0.6) is 0 Å². The summed E-state index contributed by atoms with van der Waals surface area (Å²) in [6.45, 7) is 0.542. The number of nitrogens with one attached hydrogen (secondary N) is 1. The molecule has 0 bridgehead atoms. The van der Waals surface area contributed by atoms with E-state index < -0.39 is 5.41 Å². The van der Waals surface area contributed by atoms with E-state index in [0.717, 1.165) is 4.88 Å². The van der Waals surface area contributed by atoms with Gasteiger partial charge in [0.1, 0.15) is 5.41 Å². The Morgan fingerprint density at radius 2 is 2.50 bits per heavy atom. The van der Waals surface area contributed by atoms with Crippen molar-refractivity contribution in [1.29, 1.82) is 5.26 Å². The number of hydrogen-bond acceptors (Lipinski definition) is 3. The molecule has 1 saturated carbocycles. The van der Waals surface area contributed by atoms with E-state index in [4.69, 9.17) is 5.26 Å². The lowest BCUT2D eigenvalue weighted by molar-refractivity contribution is -0.124. The highest BCUT2D eigenvalue weighted by Gasteiger charge is 2.50. The molecule has 0 saturated heterocycles. The molecule has 0 spiro atoms. The van der Waals surface area contributed by atoms with Gasteiger partial charge in [-0.3, -0.25) is 4.79 Å². The maximum Gasteiger partial charge on any atom is 0.240 e. The quantitative estimate of drug-likeness (QED) is 0.817. The van der Waals surface area contributed by atoms with Gasteiger partial charge in [0, 0.05) is 4.88 Å². The van der Waals surface area contributed by atoms with Gasteiger partial charge in [-0.1, -0.05) is 6.07 Å². The van der Waals surface area contributed by atoms with Crippen LogP contribution < -0.4 is 5.32 Å². The maximum absolute atomic E-state index is 11.5. The van der Waals surface area contributed by atoms with Crippen LogP contribution in [0.1, 0.15) is 17.7 Å². The third-order valence-corrected chi connectivity index (χ3v) is 3.28. The van der Waals surface area contributed by atoms with Crippen molar-refractivity contribution in [3.63, 3.8) is 0 Å². The van der Waals surface area contributed by atoms with Crippen molar-refractivity contribution in [2.24, 2.45) is 5.41 Å². The molecular formula is C10H10N2OS. The van der Waals surface area contributed by atoms with Crippen molar-refractivity contribution in [3.8, 4) is 6.07 Å². The average Bonchev–Trinajstić information content (AvgIpc) is 2.84. The van der Waals surface area contributed by atoms with Crippen LogP contribution in [0, 0.1) is 16.7 Å². The molecule has 0 atom stereocenters. The summed E-state index contributed by atoms with van der Waals surface area (Å²) < 4.78 is 0. The molecule has 1 fully saturated rings. The Hall–Kier alpha value is -1.34. The smallest absolute Gasteiger partial charge is 0.240 e. The zero-order valence-corrected chi connectivity index (χ0v) is 8.43. The molecule has 72 valence electrons. The standard InChI is InChI=1S/C10H10N2OS/c11-7-10(3-4-10)9(13)12-6-8-2-1-5-14-8/h1-2,5H,3-4,6H2,(H,12,13). The summed E-state index contributed by atoms with van der Waals surface area (Å²) in [4.78, 5) is 12.6. The van der Waals surface area contributed by atoms with Crippen LogP contribution in [-0.4, -0.2) is 5.91 Å². The van der Waals surface area contributed by atoms with Gasteiger partial charge in [0.05, 0.1) is 12.6 Å². The van der Waals surface area contributed by atoms with Gasteiger partial charge >= 0.3 is 0 Å². The first kappa shape index (κ1) is 9.22. The summed E-state index contributed by atoms with van der Waals surface area (Å²) in [6.07, 6.45) is 1.42. The van der Waals surface area contributed by atoms with Crippen LogP contribution in [0.4, 0.5) is 0 Å². The number of thiophene rings is 1. The van der Waals surface area contributed by atoms with Gasteiger partial charge in [0.2, 0.25) is 5.91 Å². The molecule has 0 aromatic carbocycles. The van der Waals surface area contributed by atoms with Crippen LogP contribution in [-0.2, 0) is 11.3 Å². The number of nitriles is 1. The normalized spacial score (nSPS) is 17.1. The molecule has 1 aromatic rings. The third-order valence-electron chi connectivity index (χ3n) is 2.40. The molecule has 1 N–H and O–H groups in total. The van der Waals surface area contributed by atoms with E-state index in [-0.39, 0.29) is 5.91 Å². The molecule has 3 nitrogen and oxygen atoms in total. The van der Waals surface area contributed by atoms with E-state index in [2.05, 4.69) is 11.4 Å². The molecule has 0 unspecified atom stereocenters. The molecule has 1 heterocycles. The van der Waals surface area contributed by atoms with Gasteiger partial charge in [0.15, 0.2) is 0 Å². The average molecular weight is 206 g/mol. The fourth-order valence-corrected chi connectivity index (χ4v) is 1.91. The van der Waals surface area contributed by atoms with Crippen molar-refractivity contribution < 1.29 is 4.79 Å². The second-order valence-electron chi connectivity index (χ2n) is 3.46. The largest absolute Gasteiger partial charge is 0.350 e. The Morgan fingerprint density at radius 3 is 3.00 bits per heavy atom. The highest BCUT2D eigenvalue weighted by Crippen LogP contribution is 2.45. The topological polar surface area (TPSA) is 52.9 Å². The first-order valence-corrected chi connectivity index (χ1v) is 5.37. The SMILES string of the molecule is N#CC1(C(=O)NCc2cccs2)CC1. The summed E-state index contributed by atoms with van der Waals surface area (Å²) in [5.41, 5.74) is -0.697. The van der Waals surface area contributed by atoms with Crippen molar-refractivity contribution in [1.82, 2.24) is 5.32 Å². The van der Waals surface area contributed by atoms with Crippen LogP contribution in [0.2, 0.25) is 0 Å². The molecule has 14 heavy (non-hydrogen) atoms. The number of hydrogen-bond donors (Lipinski definition) is 1. The Kier molecular flexibility index (Phi) is 2.26. The van der Waals surface area contributed by atoms with E-state index in [1.54, 1.807) is 11.3 Å². The van der Waals surface area contributed by atoms with E-state index in [1.807, 2.05) is 17.5 Å². The van der Waals surface area contributed by atoms with Gasteiger partial charge < -0.3 is 5.32 Å². The fraction of sp³-hybridized carbons (Fsp3) is 0.400. The van der Waals surface area contributed by atoms with Crippen LogP contribution in [0.25, 0.3) is 0 Å². The second kappa shape index (κ2) is 3.43. The minimum Gasteiger partial charge on any atom is -0.350 e. The lowest BCUT2D eigenvalue weighted by atomic mass is 10.1. The Bertz CT molecular complexity index is 373. The molecule has 2 rings (SSSR count). The molecular weight excluding hydrogens is 196 g/mol. The van der Waals surface area contributed by atoms with Crippen molar-refractivity contribution in [2.45, 2.75) is 19.4 Å². The predicted molar refractivity (Wildman–Crippen MR) is 53.4 cm³/mol. The van der Waals surface area contributed by atoms with Gasteiger partial charge in [-0.25, -0.2) is 0 Å². The van der Waals surface area contributed by atoms with Crippen molar-refractivity contribution >= 4 is 17.2 Å². The summed E-state index contributed by atoms with van der Waals surface area (Å²) in [5, 5.41) is 13.5. The highest BCUT2D eigenvalue weighted by molar-refractivity contribution is 7.09. The van der Waals surface area contributed by atoms with Gasteiger partial charge in [-0.2, -0.15) is 5.26 Å². The lowest BCUT2D eigenvalue weighted by Gasteiger charge is -2.06. The van der Waals surface area contributed by atoms with Gasteiger partial charge in [-0.15, -0.1) is 11.3 Å². The maximum atomic E-state index is 11.5. The Balaban J connectivity index is 1.88. The number of carbonyl (C=O) groups excluding carboxylic acids is 1. The summed E-state index contributed by atoms with van der Waals surface area (Å²) >= 11 is 1.61. The van der Waals surface area contributed by atoms with Gasteiger partial charge in [0.25, 0.3) is 0 Å². The van der Waals surface area contributed by atoms with E-state index in [9.17, 15) is 4.79 Å². The van der Waals surface area contributed by atoms with E-state index >= 15 is 0 Å². The first-order chi connectivity index (χ1) is 6.77. The summed E-state index contributed by atoms with van der Waals surface area (Å²) in [7, 11) is 0. The molecule has 1 amide bonds. The van der Waals surface area contributed by atoms with Crippen molar-refractivity contribution in [2.75, 3.05) is 0 Å². The fourth-order valence-electron chi connectivity index (χ4n) is 1.26. The molecule has 4 heteroatoms. The number of nitrogens with zero attached hydrogens (tertiary/aromatic N) is 1. The monoisotopic (exact) mass is 206 g/mol. The van der Waals surface area contributed by atoms with Crippen LogP contribution >= 0.6 is 11.3 Å². The number of rotatable bonds is 3. The highest BCUT2D eigenvalue weighted by atomic mass is 32.1. The predicted octanol–water partition coefficient (Wildman–Crippen LogP) is 1.67. The van der Waals surface area contributed by atoms with E-state index in [0.29, 0.717) is 19.4 Å². The number of amides is 1. The third kappa shape index (κ3) is 1.64. The zero-order valence-electron chi connectivity index (χ0n) is 7.62. The molecule has 1 aliphatic carbocycles. The Labute approximate surface area is 86.4 Å². The van der Waals surface area contributed by atoms with Gasteiger partial charge in [-0.05, 0) is 24.3 Å². The Morgan fingerprint density at radius 1 is 1.71 bits per heavy atom. The second-order valence-corrected chi connectivity index (χ2v) is 4.49. The minimum absolute atomic E-state index is 0.117. The van der Waals surface area contributed by atoms with E-state index in [1.165, 1.54) is 0 Å². The molecule has 0 radical (unpaired) electrons. The molecule has 1 aliphatic rings. The lowest BCUT2D eigenvalue weighted by Crippen LogP contribution is -2.30. The minimum atomic E-state index is -0.697.